The van der Waals surface area contributed by atoms with Crippen molar-refractivity contribution in [1.82, 2.24) is 30.2 Å². The van der Waals surface area contributed by atoms with Gasteiger partial charge in [0, 0.05) is 156 Å². The predicted molar refractivity (Wildman–Crippen MR) is 280 cm³/mol. The summed E-state index contributed by atoms with van der Waals surface area (Å²) in [5.74, 6) is 6.65. The van der Waals surface area contributed by atoms with Crippen LogP contribution in [-0.2, 0) is 23.5 Å². The highest BCUT2D eigenvalue weighted by Crippen LogP contribution is 2.47. The Bertz CT molecular complexity index is 2950. The third-order valence-corrected chi connectivity index (χ3v) is 11.4. The predicted octanol–water partition coefficient (Wildman–Crippen LogP) is 1.61. The summed E-state index contributed by atoms with van der Waals surface area (Å²) < 4.78 is 113. The Morgan fingerprint density at radius 3 is 1.51 bits per heavy atom. The van der Waals surface area contributed by atoms with Crippen molar-refractivity contribution >= 4 is 133 Å². The van der Waals surface area contributed by atoms with Crippen LogP contribution in [0, 0.1) is 47.2 Å². The maximum Gasteiger partial charge on any atom is 0.427 e. The Morgan fingerprint density at radius 1 is 0.703 bits per heavy atom. The standard InChI is InChI=1S/C19H15F4N5O2.C15H11ClF4N2O.C4H5N3O.CH4.B12/c20-13-8-12-14(7-11(13)9-28-6-5-25-15(24)16(28)29)26-17(30)27-18(12,19(21,22)23)4-3-10-1-2-10;16-7-9-5-12-10(6-11(9)17)14(15(18,19)20,22-13(23)21-12)4-3-8-1-2-8;5-3-4(8)7-2-1-6-3;;1-8(2)11(7)12(9(3)4)10(5)6/h5-8,10H,1-2,9H2,(H2,24,25)(H2,26,27,30);5-6,8H,1-2,7H2,(H2,21,22,23);1-2H,(H2,5,6)(H,7,8);1H4;. The number of nitrogen functional groups attached to an aromatic ring is 2. The first-order chi connectivity index (χ1) is 34.0. The third-order valence-electron chi connectivity index (χ3n) is 11.2. The highest BCUT2D eigenvalue weighted by Gasteiger charge is 2.61. The van der Waals surface area contributed by atoms with Gasteiger partial charge in [0.05, 0.1) is 12.4 Å². The monoisotopic (exact) mass is 1030 g/mol. The molecule has 35 heteroatoms. The largest absolute Gasteiger partial charge is 0.427 e. The number of hydrogen-bond donors (Lipinski definition) is 7. The number of carbonyl (C=O) groups excluding carboxylic acids is 2. The normalized spacial score (nSPS) is 17.9. The van der Waals surface area contributed by atoms with Crippen LogP contribution < -0.4 is 43.9 Å². The first kappa shape index (κ1) is 60.5. The number of aromatic nitrogens is 4. The molecule has 2 aliphatic carbocycles. The number of nitrogens with zero attached hydrogens (tertiary/aromatic N) is 3. The SMILES string of the molecule is C.Nc1ncc[nH]c1=O.Nc1nccn(Cc2cc3c(cc2F)C(C#CC2CC2)(C(F)(F)F)NC(=O)N3)c1=O.O=C1Nc2cc(CCl)c(F)cc2C(C#CC2CC2)(C(F)(F)F)N1.[B]B([B])B([B])B(B([B])[B])B([B])[B]. The molecule has 14 radical (unpaired) electrons. The number of H-pyrrole nitrogens is 1. The summed E-state index contributed by atoms with van der Waals surface area (Å²) in [4.78, 5) is 55.6. The van der Waals surface area contributed by atoms with E-state index >= 15 is 0 Å². The number of aromatic amines is 1. The first-order valence-corrected chi connectivity index (χ1v) is 22.1. The van der Waals surface area contributed by atoms with E-state index in [-0.39, 0.29) is 71.4 Å². The molecule has 364 valence electrons. The lowest BCUT2D eigenvalue weighted by atomic mass is 8.53. The molecular formula is C39H35B12ClF8N10O4. The van der Waals surface area contributed by atoms with Crippen LogP contribution in [0.15, 0.2) is 58.6 Å². The summed E-state index contributed by atoms with van der Waals surface area (Å²) in [5.41, 5.74) is 2.00. The molecule has 8 rings (SSSR count). The lowest BCUT2D eigenvalue weighted by Crippen LogP contribution is -2.67. The highest BCUT2D eigenvalue weighted by molar-refractivity contribution is 8.05. The molecule has 0 saturated heterocycles. The van der Waals surface area contributed by atoms with E-state index in [0.717, 1.165) is 35.6 Å². The number of alkyl halides is 7. The van der Waals surface area contributed by atoms with Crippen molar-refractivity contribution in [1.29, 1.82) is 0 Å². The van der Waals surface area contributed by atoms with Gasteiger partial charge in [-0.3, -0.25) is 9.59 Å². The number of nitrogens with one attached hydrogen (secondary N) is 5. The zero-order chi connectivity index (χ0) is 54.4. The molecule has 74 heavy (non-hydrogen) atoms. The number of halogens is 9. The fourth-order valence-electron chi connectivity index (χ4n) is 6.89. The van der Waals surface area contributed by atoms with Crippen LogP contribution in [-0.4, -0.2) is 130 Å². The molecule has 14 nitrogen and oxygen atoms in total. The average Bonchev–Trinajstić information content (AvgIpc) is 4.24. The molecule has 2 aromatic heterocycles. The molecule has 2 atom stereocenters. The van der Waals surface area contributed by atoms with Crippen LogP contribution in [0.5, 0.6) is 0 Å². The van der Waals surface area contributed by atoms with Crippen LogP contribution in [0.2, 0.25) is 0 Å². The average molecular weight is 1020 g/mol. The lowest BCUT2D eigenvalue weighted by Gasteiger charge is -2.37. The number of anilines is 4. The number of carbonyl (C=O) groups is 2. The summed E-state index contributed by atoms with van der Waals surface area (Å²) in [6.45, 7) is -0.319. The minimum Gasteiger partial charge on any atom is -0.379 e. The molecule has 2 aliphatic heterocycles. The van der Waals surface area contributed by atoms with Gasteiger partial charge in [-0.25, -0.2) is 28.3 Å². The second-order valence-electron chi connectivity index (χ2n) is 16.8. The minimum atomic E-state index is -4.99. The first-order valence-electron chi connectivity index (χ1n) is 21.5. The van der Waals surface area contributed by atoms with Gasteiger partial charge in [-0.15, -0.1) is 11.6 Å². The maximum absolute atomic E-state index is 14.8. The molecule has 4 aromatic rings. The van der Waals surface area contributed by atoms with E-state index in [4.69, 9.17) is 77.2 Å². The fraction of sp³-hybridized carbons (Fsp3) is 0.333. The molecule has 2 saturated carbocycles. The Morgan fingerprint density at radius 2 is 1.15 bits per heavy atom. The summed E-state index contributed by atoms with van der Waals surface area (Å²) in [5, 5.41) is 8.16. The van der Waals surface area contributed by atoms with E-state index < -0.39 is 95.7 Å². The van der Waals surface area contributed by atoms with Crippen LogP contribution >= 0.6 is 11.6 Å². The summed E-state index contributed by atoms with van der Waals surface area (Å²) in [6, 6.07) is 1.41. The summed E-state index contributed by atoms with van der Waals surface area (Å²) in [6.07, 6.45) is -4.97. The minimum absolute atomic E-state index is 0. The third kappa shape index (κ3) is 14.4. The molecular weight excluding hydrogens is 990 g/mol. The highest BCUT2D eigenvalue weighted by atomic mass is 35.5. The summed E-state index contributed by atoms with van der Waals surface area (Å²) >= 11 is 5.56. The number of fused-ring (bicyclic) bond motifs is 2. The molecule has 0 spiro atoms. The molecule has 4 heterocycles. The van der Waals surface area contributed by atoms with Gasteiger partial charge in [0.1, 0.15) is 11.6 Å². The van der Waals surface area contributed by atoms with Gasteiger partial charge in [-0.05, 0) is 49.9 Å². The van der Waals surface area contributed by atoms with E-state index in [2.05, 4.69) is 49.3 Å². The van der Waals surface area contributed by atoms with Crippen molar-refractivity contribution in [2.75, 3.05) is 22.1 Å². The van der Waals surface area contributed by atoms with Crippen LogP contribution in [0.25, 0.3) is 0 Å². The molecule has 4 amide bonds. The quantitative estimate of drug-likeness (QED) is 0.0624. The van der Waals surface area contributed by atoms with Gasteiger partial charge in [0.15, 0.2) is 11.6 Å². The molecule has 9 N–H and O–H groups in total. The molecule has 2 fully saturated rings. The van der Waals surface area contributed by atoms with Crippen molar-refractivity contribution in [3.05, 3.63) is 104 Å². The molecule has 0 bridgehead atoms. The maximum atomic E-state index is 14.8. The molecule has 2 aromatic carbocycles. The number of amides is 4. The van der Waals surface area contributed by atoms with E-state index in [9.17, 15) is 54.3 Å². The lowest BCUT2D eigenvalue weighted by molar-refractivity contribution is -0.179. The van der Waals surface area contributed by atoms with E-state index in [1.165, 1.54) is 24.8 Å². The Balaban J connectivity index is 0.000000237. The fourth-order valence-corrected chi connectivity index (χ4v) is 7.10. The second-order valence-corrected chi connectivity index (χ2v) is 17.1. The van der Waals surface area contributed by atoms with Crippen LogP contribution in [0.4, 0.5) is 67.7 Å². The number of urea groups is 2. The number of benzene rings is 2. The second kappa shape index (κ2) is 24.5. The van der Waals surface area contributed by atoms with Crippen molar-refractivity contribution in [3.8, 4) is 23.7 Å². The topological polar surface area (TPSA) is 215 Å². The Hall–Kier alpha value is -6.03. The van der Waals surface area contributed by atoms with Crippen molar-refractivity contribution in [2.24, 2.45) is 11.8 Å². The van der Waals surface area contributed by atoms with Crippen LogP contribution in [0.1, 0.15) is 55.4 Å². The van der Waals surface area contributed by atoms with Gasteiger partial charge in [-0.1, -0.05) is 31.1 Å². The van der Waals surface area contributed by atoms with Gasteiger partial charge in [-0.2, -0.15) is 26.3 Å². The van der Waals surface area contributed by atoms with Gasteiger partial charge < -0.3 is 42.3 Å². The van der Waals surface area contributed by atoms with Crippen molar-refractivity contribution in [3.63, 3.8) is 0 Å². The van der Waals surface area contributed by atoms with E-state index in [1.807, 2.05) is 10.6 Å². The van der Waals surface area contributed by atoms with Gasteiger partial charge in [0.2, 0.25) is 11.1 Å². The van der Waals surface area contributed by atoms with Crippen molar-refractivity contribution < 1.29 is 44.7 Å². The van der Waals surface area contributed by atoms with Crippen LogP contribution in [0.3, 0.4) is 0 Å². The van der Waals surface area contributed by atoms with E-state index in [1.54, 1.807) is 0 Å². The number of hydrogen-bond acceptors (Lipinski definition) is 8. The Kier molecular flexibility index (Phi) is 20.1. The molecule has 2 unspecified atom stereocenters. The number of rotatable bonds is 7. The van der Waals surface area contributed by atoms with E-state index in [0.29, 0.717) is 18.9 Å². The molecule has 4 aliphatic rings. The van der Waals surface area contributed by atoms with Gasteiger partial charge in [0.25, 0.3) is 11.1 Å². The van der Waals surface area contributed by atoms with Crippen molar-refractivity contribution in [2.45, 2.75) is 69.0 Å². The zero-order valence-electron chi connectivity index (χ0n) is 38.0. The number of nitrogens with two attached hydrogens (primary N) is 2. The zero-order valence-corrected chi connectivity index (χ0v) is 38.7. The smallest absolute Gasteiger partial charge is 0.379 e. The summed E-state index contributed by atoms with van der Waals surface area (Å²) in [7, 11) is 37.9. The Labute approximate surface area is 436 Å². The van der Waals surface area contributed by atoms with Gasteiger partial charge >= 0.3 is 24.4 Å².